The number of furan rings is 1. The van der Waals surface area contributed by atoms with Gasteiger partial charge in [0, 0.05) is 12.6 Å². The molecule has 1 unspecified atom stereocenters. The zero-order valence-corrected chi connectivity index (χ0v) is 11.8. The number of aryl methyl sites for hydroxylation is 2. The number of nitrogens with zero attached hydrogens (tertiary/aromatic N) is 2. The Morgan fingerprint density at radius 3 is 2.82 bits per heavy atom. The summed E-state index contributed by atoms with van der Waals surface area (Å²) >= 11 is 3.54. The van der Waals surface area contributed by atoms with Crippen LogP contribution in [0.25, 0.3) is 0 Å². The molecule has 0 bridgehead atoms. The van der Waals surface area contributed by atoms with Crippen LogP contribution in [-0.4, -0.2) is 16.3 Å². The molecule has 1 atom stereocenters. The molecule has 0 radical (unpaired) electrons. The number of aromatic nitrogens is 2. The average Bonchev–Trinajstić information content (AvgIpc) is 2.84. The van der Waals surface area contributed by atoms with Crippen LogP contribution in [0, 0.1) is 6.92 Å². The minimum Gasteiger partial charge on any atom is -0.469 e. The van der Waals surface area contributed by atoms with Crippen molar-refractivity contribution in [2.75, 3.05) is 6.54 Å². The first-order valence-electron chi connectivity index (χ1n) is 5.59. The zero-order valence-electron chi connectivity index (χ0n) is 10.2. The van der Waals surface area contributed by atoms with Gasteiger partial charge in [0.1, 0.15) is 5.76 Å². The normalized spacial score (nSPS) is 12.9. The summed E-state index contributed by atoms with van der Waals surface area (Å²) in [5.41, 5.74) is 2.22. The maximum Gasteiger partial charge on any atom is 0.101 e. The summed E-state index contributed by atoms with van der Waals surface area (Å²) in [5.74, 6) is 0.918. The summed E-state index contributed by atoms with van der Waals surface area (Å²) in [7, 11) is 1.94. The molecule has 0 aliphatic carbocycles. The Labute approximate surface area is 109 Å². The lowest BCUT2D eigenvalue weighted by Gasteiger charge is -2.17. The molecular formula is C12H16BrN3O. The molecule has 0 aromatic carbocycles. The Balaban J connectivity index is 2.42. The molecule has 4 nitrogen and oxygen atoms in total. The van der Waals surface area contributed by atoms with Gasteiger partial charge in [0.05, 0.1) is 28.7 Å². The van der Waals surface area contributed by atoms with Gasteiger partial charge in [-0.15, -0.1) is 0 Å². The Bertz CT molecular complexity index is 484. The molecule has 0 spiro atoms. The second kappa shape index (κ2) is 5.06. The van der Waals surface area contributed by atoms with Crippen molar-refractivity contribution >= 4 is 15.9 Å². The summed E-state index contributed by atoms with van der Waals surface area (Å²) in [6.07, 6.45) is 3.61. The van der Waals surface area contributed by atoms with Crippen molar-refractivity contribution < 1.29 is 4.42 Å². The third-order valence-corrected chi connectivity index (χ3v) is 3.31. The van der Waals surface area contributed by atoms with Crippen molar-refractivity contribution in [2.24, 2.45) is 7.05 Å². The van der Waals surface area contributed by atoms with Crippen molar-refractivity contribution in [3.05, 3.63) is 40.0 Å². The molecule has 2 aromatic heterocycles. The first kappa shape index (κ1) is 12.4. The van der Waals surface area contributed by atoms with Crippen LogP contribution in [0.5, 0.6) is 0 Å². The fraction of sp³-hybridized carbons (Fsp3) is 0.417. The van der Waals surface area contributed by atoms with Crippen LogP contribution in [-0.2, 0) is 7.05 Å². The van der Waals surface area contributed by atoms with E-state index in [1.165, 1.54) is 0 Å². The number of hydrogen-bond acceptors (Lipinski definition) is 3. The van der Waals surface area contributed by atoms with Crippen LogP contribution in [0.4, 0.5) is 0 Å². The van der Waals surface area contributed by atoms with Crippen molar-refractivity contribution in [1.29, 1.82) is 0 Å². The van der Waals surface area contributed by atoms with E-state index in [-0.39, 0.29) is 6.04 Å². The molecule has 5 heteroatoms. The largest absolute Gasteiger partial charge is 0.469 e. The molecule has 0 amide bonds. The minimum atomic E-state index is 0.0966. The lowest BCUT2D eigenvalue weighted by molar-refractivity contribution is 0.520. The van der Waals surface area contributed by atoms with Gasteiger partial charge < -0.3 is 9.73 Å². The molecule has 1 N–H and O–H groups in total. The van der Waals surface area contributed by atoms with E-state index >= 15 is 0 Å². The van der Waals surface area contributed by atoms with Crippen LogP contribution >= 0.6 is 15.9 Å². The van der Waals surface area contributed by atoms with Crippen molar-refractivity contribution in [3.8, 4) is 0 Å². The predicted molar refractivity (Wildman–Crippen MR) is 69.9 cm³/mol. The van der Waals surface area contributed by atoms with Gasteiger partial charge in [-0.25, -0.2) is 0 Å². The molecule has 0 saturated heterocycles. The van der Waals surface area contributed by atoms with E-state index in [1.807, 2.05) is 30.9 Å². The van der Waals surface area contributed by atoms with Crippen LogP contribution in [0.1, 0.15) is 30.0 Å². The van der Waals surface area contributed by atoms with E-state index in [0.29, 0.717) is 0 Å². The van der Waals surface area contributed by atoms with Crippen LogP contribution < -0.4 is 5.32 Å². The van der Waals surface area contributed by atoms with E-state index in [4.69, 9.17) is 4.42 Å². The number of rotatable bonds is 4. The summed E-state index contributed by atoms with van der Waals surface area (Å²) in [6, 6.07) is 2.14. The maximum atomic E-state index is 5.38. The lowest BCUT2D eigenvalue weighted by atomic mass is 10.1. The highest BCUT2D eigenvalue weighted by molar-refractivity contribution is 9.10. The Morgan fingerprint density at radius 2 is 2.35 bits per heavy atom. The summed E-state index contributed by atoms with van der Waals surface area (Å²) < 4.78 is 8.26. The Morgan fingerprint density at radius 1 is 1.59 bits per heavy atom. The highest BCUT2D eigenvalue weighted by Gasteiger charge is 2.21. The van der Waals surface area contributed by atoms with Crippen molar-refractivity contribution in [2.45, 2.75) is 19.9 Å². The quantitative estimate of drug-likeness (QED) is 0.944. The van der Waals surface area contributed by atoms with E-state index in [2.05, 4.69) is 33.3 Å². The molecule has 17 heavy (non-hydrogen) atoms. The predicted octanol–water partition coefficient (Wildman–Crippen LogP) is 2.78. The summed E-state index contributed by atoms with van der Waals surface area (Å²) in [5, 5.41) is 7.70. The van der Waals surface area contributed by atoms with Gasteiger partial charge >= 0.3 is 0 Å². The maximum absolute atomic E-state index is 5.38. The monoisotopic (exact) mass is 297 g/mol. The molecular weight excluding hydrogens is 282 g/mol. The second-order valence-electron chi connectivity index (χ2n) is 3.98. The first-order valence-corrected chi connectivity index (χ1v) is 6.38. The van der Waals surface area contributed by atoms with Gasteiger partial charge in [-0.1, -0.05) is 6.92 Å². The molecule has 2 heterocycles. The Hall–Kier alpha value is -1.07. The van der Waals surface area contributed by atoms with Gasteiger partial charge in [-0.05, 0) is 35.5 Å². The van der Waals surface area contributed by atoms with Crippen LogP contribution in [0.3, 0.4) is 0 Å². The van der Waals surface area contributed by atoms with E-state index in [0.717, 1.165) is 28.0 Å². The number of hydrogen-bond donors (Lipinski definition) is 1. The number of nitrogens with one attached hydrogen (secondary N) is 1. The van der Waals surface area contributed by atoms with E-state index < -0.39 is 0 Å². The molecule has 0 saturated carbocycles. The average molecular weight is 298 g/mol. The SMILES string of the molecule is CCNC(c1coc(C)c1)c1c(Br)cnn1C. The summed E-state index contributed by atoms with van der Waals surface area (Å²) in [6.45, 7) is 4.92. The molecule has 2 aromatic rings. The van der Waals surface area contributed by atoms with Gasteiger partial charge in [-0.2, -0.15) is 5.10 Å². The van der Waals surface area contributed by atoms with Gasteiger partial charge in [0.15, 0.2) is 0 Å². The fourth-order valence-corrected chi connectivity index (χ4v) is 2.51. The van der Waals surface area contributed by atoms with Gasteiger partial charge in [-0.3, -0.25) is 4.68 Å². The second-order valence-corrected chi connectivity index (χ2v) is 4.84. The zero-order chi connectivity index (χ0) is 12.4. The number of halogens is 1. The fourth-order valence-electron chi connectivity index (χ4n) is 1.94. The minimum absolute atomic E-state index is 0.0966. The van der Waals surface area contributed by atoms with E-state index in [9.17, 15) is 0 Å². The molecule has 0 aliphatic heterocycles. The van der Waals surface area contributed by atoms with Crippen LogP contribution in [0.15, 0.2) is 27.4 Å². The molecule has 0 fully saturated rings. The lowest BCUT2D eigenvalue weighted by Crippen LogP contribution is -2.24. The third-order valence-electron chi connectivity index (χ3n) is 2.70. The van der Waals surface area contributed by atoms with Crippen molar-refractivity contribution in [1.82, 2.24) is 15.1 Å². The molecule has 92 valence electrons. The van der Waals surface area contributed by atoms with E-state index in [1.54, 1.807) is 6.26 Å². The van der Waals surface area contributed by atoms with Crippen LogP contribution in [0.2, 0.25) is 0 Å². The first-order chi connectivity index (χ1) is 8.13. The third kappa shape index (κ3) is 2.45. The molecule has 2 rings (SSSR count). The van der Waals surface area contributed by atoms with Gasteiger partial charge in [0.25, 0.3) is 0 Å². The standard InChI is InChI=1S/C12H16BrN3O/c1-4-14-11(9-5-8(2)17-7-9)12-10(13)6-15-16(12)3/h5-7,11,14H,4H2,1-3H3. The smallest absolute Gasteiger partial charge is 0.101 e. The van der Waals surface area contributed by atoms with Crippen molar-refractivity contribution in [3.63, 3.8) is 0 Å². The topological polar surface area (TPSA) is 43.0 Å². The highest BCUT2D eigenvalue weighted by Crippen LogP contribution is 2.29. The highest BCUT2D eigenvalue weighted by atomic mass is 79.9. The molecule has 0 aliphatic rings. The summed E-state index contributed by atoms with van der Waals surface area (Å²) in [4.78, 5) is 0. The van der Waals surface area contributed by atoms with Gasteiger partial charge in [0.2, 0.25) is 0 Å². The Kier molecular flexibility index (Phi) is 3.69.